The van der Waals surface area contributed by atoms with Crippen LogP contribution >= 0.6 is 23.1 Å². The summed E-state index contributed by atoms with van der Waals surface area (Å²) < 4.78 is 0. The van der Waals surface area contributed by atoms with E-state index in [1.54, 1.807) is 11.8 Å². The van der Waals surface area contributed by atoms with Gasteiger partial charge in [0.15, 0.2) is 5.96 Å². The van der Waals surface area contributed by atoms with Gasteiger partial charge in [-0.1, -0.05) is 18.2 Å². The van der Waals surface area contributed by atoms with Crippen molar-refractivity contribution >= 4 is 29.1 Å². The number of aliphatic imine (C=N–C) groups is 1. The van der Waals surface area contributed by atoms with Crippen molar-refractivity contribution < 1.29 is 0 Å². The minimum absolute atomic E-state index is 0.796. The molecule has 0 aliphatic heterocycles. The molecule has 0 spiro atoms. The lowest BCUT2D eigenvalue weighted by atomic mass is 10.2. The highest BCUT2D eigenvalue weighted by molar-refractivity contribution is 7.98. The fourth-order valence-electron chi connectivity index (χ4n) is 2.15. The number of hydrogen-bond donors (Lipinski definition) is 1. The third-order valence-corrected chi connectivity index (χ3v) is 5.14. The first-order valence-electron chi connectivity index (χ1n) is 7.30. The summed E-state index contributed by atoms with van der Waals surface area (Å²) in [5, 5.41) is 5.55. The van der Waals surface area contributed by atoms with Gasteiger partial charge in [-0.2, -0.15) is 0 Å². The smallest absolute Gasteiger partial charge is 0.193 e. The van der Waals surface area contributed by atoms with E-state index in [1.165, 1.54) is 15.3 Å². The summed E-state index contributed by atoms with van der Waals surface area (Å²) >= 11 is 3.57. The number of nitrogens with zero attached hydrogens (tertiary/aromatic N) is 2. The van der Waals surface area contributed by atoms with Crippen molar-refractivity contribution in [3.63, 3.8) is 0 Å². The summed E-state index contributed by atoms with van der Waals surface area (Å²) in [4.78, 5) is 9.25. The number of thiophene rings is 1. The number of benzene rings is 1. The third-order valence-electron chi connectivity index (χ3n) is 3.46. The van der Waals surface area contributed by atoms with Crippen LogP contribution in [0.3, 0.4) is 0 Å². The minimum atomic E-state index is 0.796. The van der Waals surface area contributed by atoms with Crippen LogP contribution in [0.2, 0.25) is 0 Å². The van der Waals surface area contributed by atoms with Gasteiger partial charge < -0.3 is 10.2 Å². The van der Waals surface area contributed by atoms with Crippen LogP contribution in [0.1, 0.15) is 10.4 Å². The molecule has 0 saturated heterocycles. The normalized spacial score (nSPS) is 11.5. The van der Waals surface area contributed by atoms with Gasteiger partial charge in [-0.05, 0) is 41.8 Å². The molecule has 1 N–H and O–H groups in total. The standard InChI is InChI=1S/C17H23N3S2/c1-18-17(20(2)11-10-16-5-4-12-22-16)19-13-14-6-8-15(21-3)9-7-14/h4-9,12H,10-11,13H2,1-3H3,(H,18,19). The average molecular weight is 334 g/mol. The number of thioether (sulfide) groups is 1. The van der Waals surface area contributed by atoms with Crippen molar-refractivity contribution in [3.05, 3.63) is 52.2 Å². The minimum Gasteiger partial charge on any atom is -0.352 e. The maximum atomic E-state index is 4.37. The van der Waals surface area contributed by atoms with Gasteiger partial charge in [0.2, 0.25) is 0 Å². The van der Waals surface area contributed by atoms with Crippen LogP contribution in [0.4, 0.5) is 0 Å². The molecule has 0 unspecified atom stereocenters. The second-order valence-electron chi connectivity index (χ2n) is 5.00. The summed E-state index contributed by atoms with van der Waals surface area (Å²) in [6, 6.07) is 12.9. The highest BCUT2D eigenvalue weighted by atomic mass is 32.2. The first-order chi connectivity index (χ1) is 10.7. The van der Waals surface area contributed by atoms with Crippen LogP contribution in [-0.2, 0) is 13.0 Å². The molecule has 0 saturated carbocycles. The molecule has 22 heavy (non-hydrogen) atoms. The van der Waals surface area contributed by atoms with E-state index in [0.717, 1.165) is 25.5 Å². The Kier molecular flexibility index (Phi) is 6.80. The van der Waals surface area contributed by atoms with Gasteiger partial charge in [0, 0.05) is 37.0 Å². The van der Waals surface area contributed by atoms with E-state index < -0.39 is 0 Å². The first kappa shape index (κ1) is 16.9. The zero-order valence-corrected chi connectivity index (χ0v) is 15.0. The molecule has 1 aromatic heterocycles. The Hall–Kier alpha value is -1.46. The van der Waals surface area contributed by atoms with Gasteiger partial charge >= 0.3 is 0 Å². The molecule has 0 aliphatic carbocycles. The monoisotopic (exact) mass is 333 g/mol. The van der Waals surface area contributed by atoms with E-state index in [0.29, 0.717) is 0 Å². The molecule has 0 fully saturated rings. The quantitative estimate of drug-likeness (QED) is 0.496. The van der Waals surface area contributed by atoms with Crippen molar-refractivity contribution in [1.82, 2.24) is 10.2 Å². The second-order valence-corrected chi connectivity index (χ2v) is 6.91. The average Bonchev–Trinajstić information content (AvgIpc) is 3.07. The predicted molar refractivity (Wildman–Crippen MR) is 99.1 cm³/mol. The summed E-state index contributed by atoms with van der Waals surface area (Å²) in [6.07, 6.45) is 3.15. The summed E-state index contributed by atoms with van der Waals surface area (Å²) in [7, 11) is 3.92. The lowest BCUT2D eigenvalue weighted by Crippen LogP contribution is -2.39. The predicted octanol–water partition coefficient (Wildman–Crippen LogP) is 3.72. The fraction of sp³-hybridized carbons (Fsp3) is 0.353. The van der Waals surface area contributed by atoms with Gasteiger partial charge in [0.25, 0.3) is 0 Å². The highest BCUT2D eigenvalue weighted by Gasteiger charge is 2.06. The highest BCUT2D eigenvalue weighted by Crippen LogP contribution is 2.14. The van der Waals surface area contributed by atoms with Crippen LogP contribution in [0.5, 0.6) is 0 Å². The molecule has 3 nitrogen and oxygen atoms in total. The zero-order chi connectivity index (χ0) is 15.8. The topological polar surface area (TPSA) is 27.6 Å². The van der Waals surface area contributed by atoms with Crippen LogP contribution in [0.25, 0.3) is 0 Å². The van der Waals surface area contributed by atoms with Gasteiger partial charge in [-0.3, -0.25) is 4.99 Å². The molecule has 1 aromatic carbocycles. The third kappa shape index (κ3) is 5.07. The number of likely N-dealkylation sites (N-methyl/N-ethyl adjacent to an activating group) is 1. The Morgan fingerprint density at radius 1 is 1.27 bits per heavy atom. The molecule has 0 bridgehead atoms. The fourth-order valence-corrected chi connectivity index (χ4v) is 3.25. The molecule has 0 aliphatic rings. The Morgan fingerprint density at radius 2 is 2.05 bits per heavy atom. The van der Waals surface area contributed by atoms with Crippen molar-refractivity contribution in [2.75, 3.05) is 26.9 Å². The second kappa shape index (κ2) is 8.86. The first-order valence-corrected chi connectivity index (χ1v) is 9.40. The molecule has 2 rings (SSSR count). The van der Waals surface area contributed by atoms with E-state index in [2.05, 4.69) is 70.3 Å². The molecule has 1 heterocycles. The number of hydrogen-bond acceptors (Lipinski definition) is 3. The Labute approximate surface area is 141 Å². The Bertz CT molecular complexity index is 576. The van der Waals surface area contributed by atoms with Crippen molar-refractivity contribution in [3.8, 4) is 0 Å². The lowest BCUT2D eigenvalue weighted by molar-refractivity contribution is 0.486. The lowest BCUT2D eigenvalue weighted by Gasteiger charge is -2.22. The summed E-state index contributed by atoms with van der Waals surface area (Å²) in [5.74, 6) is 0.936. The zero-order valence-electron chi connectivity index (χ0n) is 13.4. The molecule has 0 radical (unpaired) electrons. The van der Waals surface area contributed by atoms with Gasteiger partial charge in [-0.25, -0.2) is 0 Å². The maximum absolute atomic E-state index is 4.37. The van der Waals surface area contributed by atoms with Gasteiger partial charge in [0.05, 0.1) is 0 Å². The largest absolute Gasteiger partial charge is 0.352 e. The van der Waals surface area contributed by atoms with E-state index in [9.17, 15) is 0 Å². The van der Waals surface area contributed by atoms with E-state index in [4.69, 9.17) is 0 Å². The van der Waals surface area contributed by atoms with Crippen LogP contribution < -0.4 is 5.32 Å². The number of rotatable bonds is 6. The van der Waals surface area contributed by atoms with E-state index in [-0.39, 0.29) is 0 Å². The van der Waals surface area contributed by atoms with E-state index >= 15 is 0 Å². The number of nitrogens with one attached hydrogen (secondary N) is 1. The molecule has 2 aromatic rings. The van der Waals surface area contributed by atoms with Crippen molar-refractivity contribution in [1.29, 1.82) is 0 Å². The molecule has 0 atom stereocenters. The van der Waals surface area contributed by atoms with Crippen LogP contribution in [0, 0.1) is 0 Å². The molecule has 118 valence electrons. The van der Waals surface area contributed by atoms with Gasteiger partial charge in [0.1, 0.15) is 0 Å². The van der Waals surface area contributed by atoms with Crippen molar-refractivity contribution in [2.45, 2.75) is 17.9 Å². The van der Waals surface area contributed by atoms with Gasteiger partial charge in [-0.15, -0.1) is 23.1 Å². The Balaban J connectivity index is 1.82. The SMILES string of the molecule is CN=C(NCc1ccc(SC)cc1)N(C)CCc1cccs1. The maximum Gasteiger partial charge on any atom is 0.193 e. The van der Waals surface area contributed by atoms with Crippen LogP contribution in [0.15, 0.2) is 51.7 Å². The Morgan fingerprint density at radius 3 is 2.64 bits per heavy atom. The summed E-state index contributed by atoms with van der Waals surface area (Å²) in [5.41, 5.74) is 1.27. The molecule has 0 amide bonds. The van der Waals surface area contributed by atoms with Crippen LogP contribution in [-0.4, -0.2) is 37.8 Å². The molecular weight excluding hydrogens is 310 g/mol. The number of guanidine groups is 1. The summed E-state index contributed by atoms with van der Waals surface area (Å²) in [6.45, 7) is 1.76. The van der Waals surface area contributed by atoms with Crippen molar-refractivity contribution in [2.24, 2.45) is 4.99 Å². The van der Waals surface area contributed by atoms with E-state index in [1.807, 2.05) is 18.4 Å². The molecular formula is C17H23N3S2. The molecule has 5 heteroatoms.